The summed E-state index contributed by atoms with van der Waals surface area (Å²) < 4.78 is 26.9. The van der Waals surface area contributed by atoms with Gasteiger partial charge < -0.3 is 5.73 Å². The molecule has 0 atom stereocenters. The Kier molecular flexibility index (Phi) is 4.04. The lowest BCUT2D eigenvalue weighted by molar-refractivity contribution is 0.574. The third-order valence-corrected chi connectivity index (χ3v) is 4.93. The predicted octanol–water partition coefficient (Wildman–Crippen LogP) is 1.53. The van der Waals surface area contributed by atoms with E-state index in [1.807, 2.05) is 6.07 Å². The van der Waals surface area contributed by atoms with Crippen LogP contribution >= 0.6 is 0 Å². The molecule has 1 aromatic carbocycles. The van der Waals surface area contributed by atoms with Crippen molar-refractivity contribution in [2.24, 2.45) is 11.7 Å². The molecule has 0 spiro atoms. The number of hydrogen-bond acceptors (Lipinski definition) is 3. The monoisotopic (exact) mass is 268 g/mol. The summed E-state index contributed by atoms with van der Waals surface area (Å²) >= 11 is 0. The molecular formula is C13H20N2O2S. The van der Waals surface area contributed by atoms with E-state index in [0.29, 0.717) is 18.0 Å². The summed E-state index contributed by atoms with van der Waals surface area (Å²) in [4.78, 5) is 0.357. The van der Waals surface area contributed by atoms with Gasteiger partial charge >= 0.3 is 0 Å². The summed E-state index contributed by atoms with van der Waals surface area (Å²) in [7, 11) is -3.37. The highest BCUT2D eigenvalue weighted by Gasteiger charge is 2.22. The summed E-state index contributed by atoms with van der Waals surface area (Å²) in [6.07, 6.45) is 3.43. The molecule has 0 heterocycles. The van der Waals surface area contributed by atoms with Gasteiger partial charge in [-0.25, -0.2) is 13.1 Å². The standard InChI is InChI=1S/C13H20N2O2S/c1-10-8-12(9-14)4-5-13(10)18(16,17)15-7-6-11-2-3-11/h4-5,8,11,15H,2-3,6-7,9,14H2,1H3. The first-order valence-corrected chi connectivity index (χ1v) is 7.80. The van der Waals surface area contributed by atoms with Crippen molar-refractivity contribution in [1.29, 1.82) is 0 Å². The van der Waals surface area contributed by atoms with Crippen molar-refractivity contribution < 1.29 is 8.42 Å². The van der Waals surface area contributed by atoms with Gasteiger partial charge in [-0.05, 0) is 36.5 Å². The topological polar surface area (TPSA) is 72.2 Å². The van der Waals surface area contributed by atoms with Gasteiger partial charge in [-0.15, -0.1) is 0 Å². The minimum atomic E-state index is -3.37. The van der Waals surface area contributed by atoms with Gasteiger partial charge in [0.05, 0.1) is 4.90 Å². The Hall–Kier alpha value is -0.910. The third kappa shape index (κ3) is 3.31. The number of hydrogen-bond donors (Lipinski definition) is 2. The highest BCUT2D eigenvalue weighted by molar-refractivity contribution is 7.89. The summed E-state index contributed by atoms with van der Waals surface area (Å²) in [5.41, 5.74) is 7.23. The normalized spacial score (nSPS) is 15.9. The van der Waals surface area contributed by atoms with E-state index < -0.39 is 10.0 Å². The molecule has 0 bridgehead atoms. The van der Waals surface area contributed by atoms with E-state index in [2.05, 4.69) is 4.72 Å². The first kappa shape index (κ1) is 13.5. The van der Waals surface area contributed by atoms with Crippen LogP contribution in [0.2, 0.25) is 0 Å². The van der Waals surface area contributed by atoms with E-state index in [4.69, 9.17) is 5.73 Å². The maximum Gasteiger partial charge on any atom is 0.240 e. The van der Waals surface area contributed by atoms with Crippen LogP contribution in [0.5, 0.6) is 0 Å². The number of nitrogens with two attached hydrogens (primary N) is 1. The molecule has 0 amide bonds. The highest BCUT2D eigenvalue weighted by Crippen LogP contribution is 2.31. The van der Waals surface area contributed by atoms with Crippen LogP contribution in [0.15, 0.2) is 23.1 Å². The molecule has 1 saturated carbocycles. The fourth-order valence-corrected chi connectivity index (χ4v) is 3.29. The lowest BCUT2D eigenvalue weighted by atomic mass is 10.1. The van der Waals surface area contributed by atoms with E-state index >= 15 is 0 Å². The molecule has 0 unspecified atom stereocenters. The van der Waals surface area contributed by atoms with Gasteiger partial charge in [-0.3, -0.25) is 0 Å². The summed E-state index contributed by atoms with van der Waals surface area (Å²) in [5, 5.41) is 0. The average Bonchev–Trinajstić information content (AvgIpc) is 3.12. The molecule has 0 radical (unpaired) electrons. The van der Waals surface area contributed by atoms with Crippen LogP contribution in [0.1, 0.15) is 30.4 Å². The van der Waals surface area contributed by atoms with Crippen molar-refractivity contribution in [3.63, 3.8) is 0 Å². The van der Waals surface area contributed by atoms with Crippen molar-refractivity contribution in [3.05, 3.63) is 29.3 Å². The van der Waals surface area contributed by atoms with E-state index in [1.54, 1.807) is 19.1 Å². The van der Waals surface area contributed by atoms with Crippen LogP contribution in [0.25, 0.3) is 0 Å². The summed E-state index contributed by atoms with van der Waals surface area (Å²) in [6, 6.07) is 5.23. The zero-order chi connectivity index (χ0) is 13.2. The molecule has 0 aromatic heterocycles. The van der Waals surface area contributed by atoms with Crippen molar-refractivity contribution in [2.45, 2.75) is 37.6 Å². The molecule has 1 aliphatic carbocycles. The van der Waals surface area contributed by atoms with Crippen molar-refractivity contribution >= 4 is 10.0 Å². The number of nitrogens with one attached hydrogen (secondary N) is 1. The molecule has 5 heteroatoms. The molecule has 3 N–H and O–H groups in total. The van der Waals surface area contributed by atoms with E-state index in [1.165, 1.54) is 12.8 Å². The zero-order valence-electron chi connectivity index (χ0n) is 10.6. The van der Waals surface area contributed by atoms with E-state index in [9.17, 15) is 8.42 Å². The van der Waals surface area contributed by atoms with Gasteiger partial charge in [0.15, 0.2) is 0 Å². The zero-order valence-corrected chi connectivity index (χ0v) is 11.5. The van der Waals surface area contributed by atoms with Gasteiger partial charge in [-0.1, -0.05) is 25.0 Å². The molecule has 0 aliphatic heterocycles. The lowest BCUT2D eigenvalue weighted by Gasteiger charge is -2.10. The van der Waals surface area contributed by atoms with Crippen molar-refractivity contribution in [3.8, 4) is 0 Å². The highest BCUT2D eigenvalue weighted by atomic mass is 32.2. The Balaban J connectivity index is 2.07. The molecular weight excluding hydrogens is 248 g/mol. The first-order chi connectivity index (χ1) is 8.53. The predicted molar refractivity (Wildman–Crippen MR) is 71.6 cm³/mol. The molecule has 1 fully saturated rings. The smallest absolute Gasteiger partial charge is 0.240 e. The van der Waals surface area contributed by atoms with Gasteiger partial charge in [-0.2, -0.15) is 0 Å². The average molecular weight is 268 g/mol. The number of aryl methyl sites for hydroxylation is 1. The van der Waals surface area contributed by atoms with Crippen LogP contribution in [0, 0.1) is 12.8 Å². The fourth-order valence-electron chi connectivity index (χ4n) is 2.02. The van der Waals surface area contributed by atoms with Gasteiger partial charge in [0.25, 0.3) is 0 Å². The van der Waals surface area contributed by atoms with Crippen LogP contribution in [0.3, 0.4) is 0 Å². The van der Waals surface area contributed by atoms with Gasteiger partial charge in [0.1, 0.15) is 0 Å². The maximum absolute atomic E-state index is 12.1. The minimum absolute atomic E-state index is 0.357. The summed E-state index contributed by atoms with van der Waals surface area (Å²) in [6.45, 7) is 2.76. The van der Waals surface area contributed by atoms with Gasteiger partial charge in [0.2, 0.25) is 10.0 Å². The second kappa shape index (κ2) is 5.38. The number of sulfonamides is 1. The Morgan fingerprint density at radius 3 is 2.67 bits per heavy atom. The maximum atomic E-state index is 12.1. The second-order valence-corrected chi connectivity index (χ2v) is 6.67. The van der Waals surface area contributed by atoms with Crippen LogP contribution in [0.4, 0.5) is 0 Å². The Morgan fingerprint density at radius 2 is 2.11 bits per heavy atom. The molecule has 100 valence electrons. The Labute approximate surface area is 109 Å². The van der Waals surface area contributed by atoms with Crippen LogP contribution < -0.4 is 10.5 Å². The van der Waals surface area contributed by atoms with Gasteiger partial charge in [0, 0.05) is 13.1 Å². The largest absolute Gasteiger partial charge is 0.326 e. The van der Waals surface area contributed by atoms with Crippen LogP contribution in [-0.2, 0) is 16.6 Å². The molecule has 18 heavy (non-hydrogen) atoms. The molecule has 2 rings (SSSR count). The lowest BCUT2D eigenvalue weighted by Crippen LogP contribution is -2.25. The fraction of sp³-hybridized carbons (Fsp3) is 0.538. The molecule has 1 aromatic rings. The van der Waals surface area contributed by atoms with E-state index in [-0.39, 0.29) is 0 Å². The quantitative estimate of drug-likeness (QED) is 0.822. The van der Waals surface area contributed by atoms with Crippen molar-refractivity contribution in [1.82, 2.24) is 4.72 Å². The SMILES string of the molecule is Cc1cc(CN)ccc1S(=O)(=O)NCCC1CC1. The van der Waals surface area contributed by atoms with Crippen LogP contribution in [-0.4, -0.2) is 15.0 Å². The molecule has 4 nitrogen and oxygen atoms in total. The van der Waals surface area contributed by atoms with E-state index in [0.717, 1.165) is 23.5 Å². The number of rotatable bonds is 6. The first-order valence-electron chi connectivity index (χ1n) is 6.32. The Morgan fingerprint density at radius 1 is 1.39 bits per heavy atom. The number of benzene rings is 1. The molecule has 0 saturated heterocycles. The van der Waals surface area contributed by atoms with Crippen molar-refractivity contribution in [2.75, 3.05) is 6.54 Å². The Bertz CT molecular complexity index is 522. The summed E-state index contributed by atoms with van der Waals surface area (Å²) in [5.74, 6) is 0.730. The third-order valence-electron chi connectivity index (χ3n) is 3.31. The molecule has 1 aliphatic rings. The second-order valence-electron chi connectivity index (χ2n) is 4.93. The minimum Gasteiger partial charge on any atom is -0.326 e.